The SMILES string of the molecule is O=C(O)CN=C(Nc1ccccc1)NC1CCCCC1. The van der Waals surface area contributed by atoms with Crippen LogP contribution in [0.15, 0.2) is 35.3 Å². The summed E-state index contributed by atoms with van der Waals surface area (Å²) in [6, 6.07) is 10.0. The molecule has 0 unspecified atom stereocenters. The largest absolute Gasteiger partial charge is 0.480 e. The van der Waals surface area contributed by atoms with Gasteiger partial charge in [-0.3, -0.25) is 4.79 Å². The van der Waals surface area contributed by atoms with Gasteiger partial charge in [0, 0.05) is 11.7 Å². The van der Waals surface area contributed by atoms with Crippen molar-refractivity contribution in [2.75, 3.05) is 11.9 Å². The number of nitrogens with one attached hydrogen (secondary N) is 2. The molecule has 108 valence electrons. The molecule has 1 aromatic rings. The smallest absolute Gasteiger partial charge is 0.325 e. The van der Waals surface area contributed by atoms with Crippen LogP contribution in [0, 0.1) is 0 Å². The number of carboxylic acids is 1. The fourth-order valence-electron chi connectivity index (χ4n) is 2.37. The van der Waals surface area contributed by atoms with E-state index in [-0.39, 0.29) is 6.54 Å². The monoisotopic (exact) mass is 275 g/mol. The second kappa shape index (κ2) is 7.53. The van der Waals surface area contributed by atoms with E-state index < -0.39 is 5.97 Å². The third-order valence-electron chi connectivity index (χ3n) is 3.35. The number of anilines is 1. The molecule has 5 nitrogen and oxygen atoms in total. The number of hydrogen-bond donors (Lipinski definition) is 3. The lowest BCUT2D eigenvalue weighted by Gasteiger charge is -2.25. The molecule has 1 aromatic carbocycles. The summed E-state index contributed by atoms with van der Waals surface area (Å²) in [6.07, 6.45) is 5.95. The average molecular weight is 275 g/mol. The molecule has 20 heavy (non-hydrogen) atoms. The van der Waals surface area contributed by atoms with Crippen molar-refractivity contribution < 1.29 is 9.90 Å². The van der Waals surface area contributed by atoms with Crippen LogP contribution >= 0.6 is 0 Å². The maximum atomic E-state index is 10.7. The first-order chi connectivity index (χ1) is 9.74. The highest BCUT2D eigenvalue weighted by Gasteiger charge is 2.15. The molecule has 0 spiro atoms. The van der Waals surface area contributed by atoms with Crippen molar-refractivity contribution in [2.45, 2.75) is 38.1 Å². The van der Waals surface area contributed by atoms with Crippen molar-refractivity contribution in [3.63, 3.8) is 0 Å². The number of guanidine groups is 1. The number of benzene rings is 1. The van der Waals surface area contributed by atoms with Crippen molar-refractivity contribution >= 4 is 17.6 Å². The molecular formula is C15H21N3O2. The van der Waals surface area contributed by atoms with E-state index in [0.29, 0.717) is 12.0 Å². The Morgan fingerprint density at radius 1 is 1.20 bits per heavy atom. The van der Waals surface area contributed by atoms with E-state index in [4.69, 9.17) is 5.11 Å². The first-order valence-corrected chi connectivity index (χ1v) is 7.09. The zero-order chi connectivity index (χ0) is 14.2. The minimum absolute atomic E-state index is 0.227. The summed E-state index contributed by atoms with van der Waals surface area (Å²) in [5.74, 6) is -0.381. The van der Waals surface area contributed by atoms with E-state index >= 15 is 0 Å². The highest BCUT2D eigenvalue weighted by atomic mass is 16.4. The number of carboxylic acid groups (broad SMARTS) is 1. The Bertz CT molecular complexity index is 453. The van der Waals surface area contributed by atoms with E-state index in [9.17, 15) is 4.79 Å². The van der Waals surface area contributed by atoms with Gasteiger partial charge in [-0.25, -0.2) is 4.99 Å². The molecule has 5 heteroatoms. The highest BCUT2D eigenvalue weighted by molar-refractivity contribution is 5.94. The lowest BCUT2D eigenvalue weighted by molar-refractivity contribution is -0.135. The molecule has 0 aliphatic heterocycles. The van der Waals surface area contributed by atoms with Crippen molar-refractivity contribution in [3.8, 4) is 0 Å². The molecule has 3 N–H and O–H groups in total. The predicted molar refractivity (Wildman–Crippen MR) is 80.0 cm³/mol. The van der Waals surface area contributed by atoms with Gasteiger partial charge >= 0.3 is 5.97 Å². The first-order valence-electron chi connectivity index (χ1n) is 7.09. The summed E-state index contributed by atoms with van der Waals surface area (Å²) in [4.78, 5) is 14.8. The third kappa shape index (κ3) is 4.91. The number of hydrogen-bond acceptors (Lipinski definition) is 2. The molecule has 2 rings (SSSR count). The standard InChI is InChI=1S/C15H21N3O2/c19-14(20)11-16-15(17-12-7-3-1-4-8-12)18-13-9-5-2-6-10-13/h1,3-4,7-8,13H,2,5-6,9-11H2,(H,19,20)(H2,16,17,18). The number of nitrogens with zero attached hydrogens (tertiary/aromatic N) is 1. The van der Waals surface area contributed by atoms with E-state index in [1.165, 1.54) is 19.3 Å². The quantitative estimate of drug-likeness (QED) is 0.583. The molecule has 1 aliphatic rings. The minimum atomic E-state index is -0.928. The number of para-hydroxylation sites is 1. The number of aliphatic carboxylic acids is 1. The van der Waals surface area contributed by atoms with Gasteiger partial charge in [0.25, 0.3) is 0 Å². The molecule has 1 saturated carbocycles. The summed E-state index contributed by atoms with van der Waals surface area (Å²) in [7, 11) is 0. The van der Waals surface area contributed by atoms with Crippen LogP contribution in [0.2, 0.25) is 0 Å². The lowest BCUT2D eigenvalue weighted by atomic mass is 9.96. The van der Waals surface area contributed by atoms with Crippen molar-refractivity contribution in [1.29, 1.82) is 0 Å². The van der Waals surface area contributed by atoms with Gasteiger partial charge in [-0.05, 0) is 25.0 Å². The lowest BCUT2D eigenvalue weighted by Crippen LogP contribution is -2.40. The molecular weight excluding hydrogens is 254 g/mol. The Labute approximate surface area is 119 Å². The Morgan fingerprint density at radius 2 is 1.90 bits per heavy atom. The summed E-state index contributed by atoms with van der Waals surface area (Å²) < 4.78 is 0. The second-order valence-corrected chi connectivity index (χ2v) is 5.03. The molecule has 0 saturated heterocycles. The van der Waals surface area contributed by atoms with E-state index in [1.54, 1.807) is 0 Å². The van der Waals surface area contributed by atoms with Gasteiger partial charge < -0.3 is 15.7 Å². The summed E-state index contributed by atoms with van der Waals surface area (Å²) >= 11 is 0. The zero-order valence-electron chi connectivity index (χ0n) is 11.5. The van der Waals surface area contributed by atoms with Crippen LogP contribution in [-0.4, -0.2) is 29.6 Å². The Kier molecular flexibility index (Phi) is 5.41. The fourth-order valence-corrected chi connectivity index (χ4v) is 2.37. The molecule has 1 aliphatic carbocycles. The molecule has 0 aromatic heterocycles. The topological polar surface area (TPSA) is 73.7 Å². The van der Waals surface area contributed by atoms with Gasteiger partial charge in [0.05, 0.1) is 0 Å². The van der Waals surface area contributed by atoms with Gasteiger partial charge in [0.1, 0.15) is 6.54 Å². The number of aliphatic imine (C=N–C) groups is 1. The second-order valence-electron chi connectivity index (χ2n) is 5.03. The van der Waals surface area contributed by atoms with Gasteiger partial charge in [-0.15, -0.1) is 0 Å². The Morgan fingerprint density at radius 3 is 2.55 bits per heavy atom. The predicted octanol–water partition coefficient (Wildman–Crippen LogP) is 2.46. The Hall–Kier alpha value is -2.04. The van der Waals surface area contributed by atoms with Crippen LogP contribution in [-0.2, 0) is 4.79 Å². The maximum Gasteiger partial charge on any atom is 0.325 e. The molecule has 0 amide bonds. The van der Waals surface area contributed by atoms with E-state index in [1.807, 2.05) is 30.3 Å². The average Bonchev–Trinajstić information content (AvgIpc) is 2.47. The van der Waals surface area contributed by atoms with Gasteiger partial charge in [0.2, 0.25) is 0 Å². The fraction of sp³-hybridized carbons (Fsp3) is 0.467. The Balaban J connectivity index is 1.99. The van der Waals surface area contributed by atoms with Crippen LogP contribution in [0.3, 0.4) is 0 Å². The minimum Gasteiger partial charge on any atom is -0.480 e. The van der Waals surface area contributed by atoms with Gasteiger partial charge in [-0.1, -0.05) is 37.5 Å². The number of rotatable bonds is 4. The summed E-state index contributed by atoms with van der Waals surface area (Å²) in [6.45, 7) is -0.227. The number of carbonyl (C=O) groups is 1. The molecule has 0 bridgehead atoms. The molecule has 0 radical (unpaired) electrons. The third-order valence-corrected chi connectivity index (χ3v) is 3.35. The zero-order valence-corrected chi connectivity index (χ0v) is 11.5. The molecule has 1 fully saturated rings. The normalized spacial score (nSPS) is 16.7. The first kappa shape index (κ1) is 14.4. The summed E-state index contributed by atoms with van der Waals surface area (Å²) in [5, 5.41) is 15.3. The van der Waals surface area contributed by atoms with Crippen LogP contribution in [0.5, 0.6) is 0 Å². The van der Waals surface area contributed by atoms with Crippen molar-refractivity contribution in [3.05, 3.63) is 30.3 Å². The van der Waals surface area contributed by atoms with Crippen LogP contribution in [0.4, 0.5) is 5.69 Å². The van der Waals surface area contributed by atoms with Crippen molar-refractivity contribution in [2.24, 2.45) is 4.99 Å². The molecule has 0 atom stereocenters. The van der Waals surface area contributed by atoms with Crippen LogP contribution in [0.25, 0.3) is 0 Å². The van der Waals surface area contributed by atoms with Crippen LogP contribution < -0.4 is 10.6 Å². The van der Waals surface area contributed by atoms with Gasteiger partial charge in [0.15, 0.2) is 5.96 Å². The summed E-state index contributed by atoms with van der Waals surface area (Å²) in [5.41, 5.74) is 0.903. The van der Waals surface area contributed by atoms with Crippen LogP contribution in [0.1, 0.15) is 32.1 Å². The van der Waals surface area contributed by atoms with E-state index in [2.05, 4.69) is 15.6 Å². The van der Waals surface area contributed by atoms with E-state index in [0.717, 1.165) is 18.5 Å². The highest BCUT2D eigenvalue weighted by Crippen LogP contribution is 2.17. The van der Waals surface area contributed by atoms with Gasteiger partial charge in [-0.2, -0.15) is 0 Å². The van der Waals surface area contributed by atoms with Crippen molar-refractivity contribution in [1.82, 2.24) is 5.32 Å². The maximum absolute atomic E-state index is 10.7. The molecule has 0 heterocycles.